The van der Waals surface area contributed by atoms with E-state index in [4.69, 9.17) is 0 Å². The number of halogens is 3. The summed E-state index contributed by atoms with van der Waals surface area (Å²) in [6.45, 7) is 0. The molecule has 1 N–H and O–H groups in total. The molecule has 1 heterocycles. The summed E-state index contributed by atoms with van der Waals surface area (Å²) in [5, 5.41) is 5.44. The molecule has 2 rings (SSSR count). The van der Waals surface area contributed by atoms with E-state index in [-0.39, 0.29) is 11.9 Å². The first-order valence-corrected chi connectivity index (χ1v) is 8.21. The fraction of sp³-hybridized carbons (Fsp3) is 0.231. The minimum atomic E-state index is -0.206. The summed E-state index contributed by atoms with van der Waals surface area (Å²) >= 11 is 7.36. The van der Waals surface area contributed by atoms with E-state index in [1.54, 1.807) is 17.4 Å². The smallest absolute Gasteiger partial charge is 0.137 e. The van der Waals surface area contributed by atoms with Gasteiger partial charge in [0.05, 0.1) is 7.36 Å². The van der Waals surface area contributed by atoms with Gasteiger partial charge in [-0.3, -0.25) is 0 Å². The van der Waals surface area contributed by atoms with Crippen molar-refractivity contribution in [2.75, 3.05) is 7.05 Å². The van der Waals surface area contributed by atoms with Gasteiger partial charge in [-0.05, 0) is 80.6 Å². The van der Waals surface area contributed by atoms with E-state index < -0.39 is 0 Å². The Balaban J connectivity index is 2.23. The Labute approximate surface area is 132 Å². The molecule has 5 heteroatoms. The lowest BCUT2D eigenvalue weighted by Crippen LogP contribution is -2.18. The van der Waals surface area contributed by atoms with E-state index in [0.717, 1.165) is 12.0 Å². The monoisotopic (exact) mass is 439 g/mol. The molecule has 0 spiro atoms. The Morgan fingerprint density at radius 2 is 2.28 bits per heavy atom. The maximum absolute atomic E-state index is 13.5. The van der Waals surface area contributed by atoms with E-state index >= 15 is 0 Å². The van der Waals surface area contributed by atoms with Crippen LogP contribution in [0, 0.1) is 8.70 Å². The predicted octanol–water partition coefficient (Wildman–Crippen LogP) is 4.76. The van der Waals surface area contributed by atoms with E-state index in [1.807, 2.05) is 13.1 Å². The lowest BCUT2D eigenvalue weighted by Gasteiger charge is -2.16. The van der Waals surface area contributed by atoms with Crippen molar-refractivity contribution < 1.29 is 4.39 Å². The number of benzene rings is 1. The summed E-state index contributed by atoms with van der Waals surface area (Å²) in [6, 6.07) is 7.55. The maximum atomic E-state index is 13.5. The Hall–Kier alpha value is 0.0200. The van der Waals surface area contributed by atoms with Gasteiger partial charge in [0.2, 0.25) is 0 Å². The van der Waals surface area contributed by atoms with Gasteiger partial charge in [0.15, 0.2) is 0 Å². The summed E-state index contributed by atoms with van der Waals surface area (Å²) in [4.78, 5) is 0. The molecule has 2 aromatic rings. The average Bonchev–Trinajstić information content (AvgIpc) is 2.78. The van der Waals surface area contributed by atoms with Gasteiger partial charge in [-0.15, -0.1) is 11.3 Å². The highest BCUT2D eigenvalue weighted by Crippen LogP contribution is 2.28. The molecule has 0 radical (unpaired) electrons. The molecular formula is C13H12BrFINS. The third-order valence-corrected chi connectivity index (χ3v) is 5.49. The van der Waals surface area contributed by atoms with Gasteiger partial charge in [0.1, 0.15) is 5.82 Å². The lowest BCUT2D eigenvalue weighted by atomic mass is 10.0. The number of hydrogen-bond acceptors (Lipinski definition) is 2. The minimum Gasteiger partial charge on any atom is -0.313 e. The van der Waals surface area contributed by atoms with Crippen molar-refractivity contribution in [2.45, 2.75) is 12.5 Å². The highest BCUT2D eigenvalue weighted by Gasteiger charge is 2.14. The Kier molecular flexibility index (Phi) is 5.17. The number of hydrogen-bond donors (Lipinski definition) is 1. The van der Waals surface area contributed by atoms with Gasteiger partial charge < -0.3 is 5.32 Å². The molecule has 0 bridgehead atoms. The van der Waals surface area contributed by atoms with E-state index in [1.165, 1.54) is 14.5 Å². The third kappa shape index (κ3) is 3.31. The zero-order valence-corrected chi connectivity index (χ0v) is 14.3. The molecule has 1 atom stereocenters. The van der Waals surface area contributed by atoms with Crippen molar-refractivity contribution >= 4 is 49.9 Å². The van der Waals surface area contributed by atoms with Crippen LogP contribution in [-0.4, -0.2) is 7.05 Å². The van der Waals surface area contributed by atoms with Crippen molar-refractivity contribution in [3.05, 3.63) is 53.9 Å². The summed E-state index contributed by atoms with van der Waals surface area (Å²) in [5.74, 6) is -0.206. The molecule has 0 fully saturated rings. The molecule has 0 amide bonds. The normalized spacial score (nSPS) is 12.7. The zero-order chi connectivity index (χ0) is 13.1. The van der Waals surface area contributed by atoms with Crippen LogP contribution in [0.1, 0.15) is 17.2 Å². The van der Waals surface area contributed by atoms with Gasteiger partial charge in [-0.2, -0.15) is 0 Å². The zero-order valence-electron chi connectivity index (χ0n) is 9.71. The van der Waals surface area contributed by atoms with E-state index in [9.17, 15) is 4.39 Å². The maximum Gasteiger partial charge on any atom is 0.137 e. The van der Waals surface area contributed by atoms with Crippen LogP contribution in [0.15, 0.2) is 34.1 Å². The first-order chi connectivity index (χ1) is 8.61. The summed E-state index contributed by atoms with van der Waals surface area (Å²) in [6.07, 6.45) is 0.766. The molecule has 0 saturated carbocycles. The van der Waals surface area contributed by atoms with Crippen LogP contribution in [-0.2, 0) is 6.42 Å². The van der Waals surface area contributed by atoms with Crippen molar-refractivity contribution in [1.29, 1.82) is 0 Å². The van der Waals surface area contributed by atoms with Crippen LogP contribution < -0.4 is 5.32 Å². The van der Waals surface area contributed by atoms with Crippen molar-refractivity contribution in [2.24, 2.45) is 0 Å². The number of thiophene rings is 1. The Morgan fingerprint density at radius 1 is 1.50 bits per heavy atom. The quantitative estimate of drug-likeness (QED) is 0.677. The van der Waals surface area contributed by atoms with Gasteiger partial charge in [-0.25, -0.2) is 4.39 Å². The van der Waals surface area contributed by atoms with E-state index in [0.29, 0.717) is 4.47 Å². The number of likely N-dealkylation sites (N-methyl/N-ethyl adjacent to an activating group) is 1. The molecule has 0 aliphatic carbocycles. The van der Waals surface area contributed by atoms with Crippen molar-refractivity contribution in [3.8, 4) is 0 Å². The highest BCUT2D eigenvalue weighted by molar-refractivity contribution is 14.1. The second kappa shape index (κ2) is 6.45. The van der Waals surface area contributed by atoms with Gasteiger partial charge in [0.25, 0.3) is 0 Å². The standard InChI is InChI=1S/C13H12BrFINS/c1-17-11(9-6-12(16)18-7-9)5-8-3-2-4-10(15)13(8)14/h2-4,6-7,11,17H,5H2,1H3. The highest BCUT2D eigenvalue weighted by atomic mass is 127. The van der Waals surface area contributed by atoms with Crippen molar-refractivity contribution in [1.82, 2.24) is 5.32 Å². The van der Waals surface area contributed by atoms with Crippen LogP contribution in [0.25, 0.3) is 0 Å². The topological polar surface area (TPSA) is 12.0 Å². The van der Waals surface area contributed by atoms with Gasteiger partial charge in [0, 0.05) is 6.04 Å². The number of rotatable bonds is 4. The fourth-order valence-electron chi connectivity index (χ4n) is 1.82. The Morgan fingerprint density at radius 3 is 2.89 bits per heavy atom. The van der Waals surface area contributed by atoms with Crippen molar-refractivity contribution in [3.63, 3.8) is 0 Å². The summed E-state index contributed by atoms with van der Waals surface area (Å²) in [5.41, 5.74) is 2.23. The van der Waals surface area contributed by atoms with Crippen LogP contribution in [0.5, 0.6) is 0 Å². The molecule has 18 heavy (non-hydrogen) atoms. The molecule has 1 nitrogen and oxygen atoms in total. The second-order valence-corrected chi connectivity index (χ2v) is 7.54. The molecule has 1 aromatic carbocycles. The first kappa shape index (κ1) is 14.4. The third-order valence-electron chi connectivity index (χ3n) is 2.79. The second-order valence-electron chi connectivity index (χ2n) is 3.94. The fourth-order valence-corrected chi connectivity index (χ4v) is 3.67. The van der Waals surface area contributed by atoms with Crippen LogP contribution >= 0.6 is 49.9 Å². The molecule has 0 aliphatic rings. The number of nitrogens with one attached hydrogen (secondary N) is 1. The molecule has 1 unspecified atom stereocenters. The van der Waals surface area contributed by atoms with Gasteiger partial charge >= 0.3 is 0 Å². The average molecular weight is 440 g/mol. The minimum absolute atomic E-state index is 0.206. The van der Waals surface area contributed by atoms with Crippen LogP contribution in [0.2, 0.25) is 0 Å². The lowest BCUT2D eigenvalue weighted by molar-refractivity contribution is 0.581. The predicted molar refractivity (Wildman–Crippen MR) is 86.6 cm³/mol. The summed E-state index contributed by atoms with van der Waals surface area (Å²) < 4.78 is 15.3. The molecule has 96 valence electrons. The molecule has 0 saturated heterocycles. The van der Waals surface area contributed by atoms with Gasteiger partial charge in [-0.1, -0.05) is 12.1 Å². The molecular weight excluding hydrogens is 428 g/mol. The largest absolute Gasteiger partial charge is 0.313 e. The SMILES string of the molecule is CNC(Cc1cccc(F)c1Br)c1csc(I)c1. The van der Waals surface area contributed by atoms with Crippen LogP contribution in [0.3, 0.4) is 0 Å². The Bertz CT molecular complexity index is 544. The first-order valence-electron chi connectivity index (χ1n) is 5.46. The van der Waals surface area contributed by atoms with E-state index in [2.05, 4.69) is 55.3 Å². The summed E-state index contributed by atoms with van der Waals surface area (Å²) in [7, 11) is 1.93. The molecule has 1 aromatic heterocycles. The molecule has 0 aliphatic heterocycles. The van der Waals surface area contributed by atoms with Crippen LogP contribution in [0.4, 0.5) is 4.39 Å².